The van der Waals surface area contributed by atoms with Gasteiger partial charge in [-0.15, -0.1) is 0 Å². The summed E-state index contributed by atoms with van der Waals surface area (Å²) in [6.45, 7) is 11.1. The lowest BCUT2D eigenvalue weighted by Crippen LogP contribution is -2.28. The second-order valence-corrected chi connectivity index (χ2v) is 16.2. The first-order valence-electron chi connectivity index (χ1n) is 24.3. The average Bonchev–Trinajstić information content (AvgIpc) is 3.24. The first-order chi connectivity index (χ1) is 29.2. The highest BCUT2D eigenvalue weighted by Crippen LogP contribution is 2.12. The van der Waals surface area contributed by atoms with E-state index in [1.807, 2.05) is 0 Å². The van der Waals surface area contributed by atoms with Gasteiger partial charge in [-0.1, -0.05) is 163 Å². The molecule has 0 aliphatic rings. The van der Waals surface area contributed by atoms with Gasteiger partial charge in [-0.3, -0.25) is 24.0 Å². The van der Waals surface area contributed by atoms with Crippen LogP contribution in [0, 0.1) is 11.8 Å². The van der Waals surface area contributed by atoms with Crippen LogP contribution < -0.4 is 5.32 Å². The van der Waals surface area contributed by atoms with Crippen LogP contribution in [0.25, 0.3) is 0 Å². The maximum absolute atomic E-state index is 12.4. The molecule has 0 spiro atoms. The fourth-order valence-corrected chi connectivity index (χ4v) is 6.04. The molecule has 0 aromatic carbocycles. The number of esters is 5. The third-order valence-electron chi connectivity index (χ3n) is 10.1. The first-order valence-corrected chi connectivity index (χ1v) is 24.3. The van der Waals surface area contributed by atoms with Crippen LogP contribution in [0.15, 0.2) is 0 Å². The first kappa shape index (κ1) is 59.4. The van der Waals surface area contributed by atoms with Gasteiger partial charge in [0.2, 0.25) is 0 Å². The minimum atomic E-state index is -0.494. The Balaban J connectivity index is 0. The van der Waals surface area contributed by atoms with Crippen LogP contribution >= 0.6 is 0 Å². The number of nitrogens with one attached hydrogen (secondary N) is 1. The van der Waals surface area contributed by atoms with Crippen LogP contribution in [-0.2, 0) is 47.7 Å². The van der Waals surface area contributed by atoms with Crippen molar-refractivity contribution in [3.63, 3.8) is 0 Å². The highest BCUT2D eigenvalue weighted by Gasteiger charge is 2.18. The standard InChI is InChI=1S/C41H75NO11.C7H16/c1-4-7-10-13-16-19-22-37(44)49-30-35(29-43)31-50-40(47)25-27-42-28-26-41(48)53-34-36(32-51-38(45)23-20-17-14-11-8-5-2)33-52-39(46)24-21-18-15-12-9-6-3;1-3-5-7-6-4-2/h35-36,42-43H,4-34H2,1-3H3;3-7H2,1-2H3. The average molecular weight is 858 g/mol. The van der Waals surface area contributed by atoms with E-state index in [0.29, 0.717) is 19.3 Å². The Kier molecular flexibility index (Phi) is 46.8. The topological polar surface area (TPSA) is 164 Å². The summed E-state index contributed by atoms with van der Waals surface area (Å²) >= 11 is 0. The Bertz CT molecular complexity index is 973. The zero-order valence-corrected chi connectivity index (χ0v) is 39.1. The maximum atomic E-state index is 12.4. The number of carbonyl (C=O) groups is 5. The van der Waals surface area contributed by atoms with Gasteiger partial charge >= 0.3 is 29.8 Å². The third kappa shape index (κ3) is 44.8. The molecule has 0 saturated heterocycles. The summed E-state index contributed by atoms with van der Waals surface area (Å²) < 4.78 is 26.8. The number of carbonyl (C=O) groups excluding carboxylic acids is 5. The van der Waals surface area contributed by atoms with Gasteiger partial charge in [-0.25, -0.2) is 0 Å². The molecule has 1 atom stereocenters. The quantitative estimate of drug-likeness (QED) is 0.0340. The lowest BCUT2D eigenvalue weighted by atomic mass is 10.1. The largest absolute Gasteiger partial charge is 0.465 e. The smallest absolute Gasteiger partial charge is 0.307 e. The van der Waals surface area contributed by atoms with E-state index in [1.54, 1.807) is 0 Å². The number of aliphatic hydroxyl groups is 1. The van der Waals surface area contributed by atoms with E-state index >= 15 is 0 Å². The Morgan fingerprint density at radius 1 is 0.350 bits per heavy atom. The molecule has 0 rings (SSSR count). The molecule has 1 unspecified atom stereocenters. The predicted molar refractivity (Wildman–Crippen MR) is 239 cm³/mol. The molecule has 12 nitrogen and oxygen atoms in total. The van der Waals surface area contributed by atoms with E-state index in [2.05, 4.69) is 39.9 Å². The second kappa shape index (κ2) is 47.3. The molecule has 0 aromatic rings. The second-order valence-electron chi connectivity index (χ2n) is 16.2. The molecule has 0 amide bonds. The molecule has 60 heavy (non-hydrogen) atoms. The summed E-state index contributed by atoms with van der Waals surface area (Å²) in [5.74, 6) is -2.86. The van der Waals surface area contributed by atoms with Crippen molar-refractivity contribution >= 4 is 29.8 Å². The number of aliphatic hydroxyl groups excluding tert-OH is 1. The fraction of sp³-hybridized carbons (Fsp3) is 0.896. The highest BCUT2D eigenvalue weighted by molar-refractivity contribution is 5.71. The molecule has 354 valence electrons. The van der Waals surface area contributed by atoms with Gasteiger partial charge in [0.15, 0.2) is 0 Å². The Morgan fingerprint density at radius 3 is 0.867 bits per heavy atom. The van der Waals surface area contributed by atoms with Crippen molar-refractivity contribution in [1.82, 2.24) is 5.32 Å². The molecular weight excluding hydrogens is 767 g/mol. The normalized spacial score (nSPS) is 11.4. The van der Waals surface area contributed by atoms with Crippen molar-refractivity contribution < 1.29 is 52.8 Å². The molecule has 12 heteroatoms. The van der Waals surface area contributed by atoms with Gasteiger partial charge in [0, 0.05) is 32.4 Å². The Morgan fingerprint density at radius 2 is 0.583 bits per heavy atom. The summed E-state index contributed by atoms with van der Waals surface area (Å²) in [5.41, 5.74) is 0. The van der Waals surface area contributed by atoms with Crippen LogP contribution in [0.1, 0.15) is 214 Å². The molecule has 0 aliphatic carbocycles. The Hall–Kier alpha value is -2.73. The van der Waals surface area contributed by atoms with E-state index in [1.165, 1.54) is 77.0 Å². The number of hydrogen-bond donors (Lipinski definition) is 2. The van der Waals surface area contributed by atoms with Crippen LogP contribution in [0.5, 0.6) is 0 Å². The predicted octanol–water partition coefficient (Wildman–Crippen LogP) is 10.5. The number of hydrogen-bond acceptors (Lipinski definition) is 12. The maximum Gasteiger partial charge on any atom is 0.307 e. The number of unbranched alkanes of at least 4 members (excludes halogenated alkanes) is 19. The van der Waals surface area contributed by atoms with E-state index in [9.17, 15) is 29.1 Å². The molecule has 0 radical (unpaired) electrons. The summed E-state index contributed by atoms with van der Waals surface area (Å²) in [6, 6.07) is 0. The summed E-state index contributed by atoms with van der Waals surface area (Å²) in [5, 5.41) is 12.6. The fourth-order valence-electron chi connectivity index (χ4n) is 6.04. The lowest BCUT2D eigenvalue weighted by Gasteiger charge is -2.17. The van der Waals surface area contributed by atoms with Crippen molar-refractivity contribution in [1.29, 1.82) is 0 Å². The van der Waals surface area contributed by atoms with Crippen molar-refractivity contribution in [3.8, 4) is 0 Å². The molecule has 0 saturated carbocycles. The van der Waals surface area contributed by atoms with E-state index < -0.39 is 23.8 Å². The molecule has 0 aliphatic heterocycles. The minimum absolute atomic E-state index is 0.00856. The van der Waals surface area contributed by atoms with Gasteiger partial charge in [-0.05, 0) is 19.3 Å². The molecule has 0 bridgehead atoms. The van der Waals surface area contributed by atoms with Gasteiger partial charge in [0.25, 0.3) is 0 Å². The molecule has 0 fully saturated rings. The Labute approximate surface area is 366 Å². The van der Waals surface area contributed by atoms with Gasteiger partial charge in [-0.2, -0.15) is 0 Å². The lowest BCUT2D eigenvalue weighted by molar-refractivity contribution is -0.154. The zero-order valence-electron chi connectivity index (χ0n) is 39.1. The van der Waals surface area contributed by atoms with Gasteiger partial charge in [0.05, 0.1) is 44.5 Å². The summed E-state index contributed by atoms with van der Waals surface area (Å²) in [4.78, 5) is 61.2. The summed E-state index contributed by atoms with van der Waals surface area (Å²) in [6.07, 6.45) is 27.3. The third-order valence-corrected chi connectivity index (χ3v) is 10.1. The highest BCUT2D eigenvalue weighted by atomic mass is 16.6. The van der Waals surface area contributed by atoms with E-state index in [4.69, 9.17) is 23.7 Å². The van der Waals surface area contributed by atoms with Crippen LogP contribution in [0.4, 0.5) is 0 Å². The zero-order chi connectivity index (χ0) is 44.7. The van der Waals surface area contributed by atoms with Gasteiger partial charge in [0.1, 0.15) is 19.8 Å². The SMILES string of the molecule is CCCCCCC.CCCCCCCCC(=O)OCC(CO)COC(=O)CCNCCC(=O)OCC(COC(=O)CCCCCCCC)COC(=O)CCCCCCCC. The number of rotatable bonds is 42. The monoisotopic (exact) mass is 858 g/mol. The minimum Gasteiger partial charge on any atom is -0.465 e. The van der Waals surface area contributed by atoms with Crippen molar-refractivity contribution in [2.24, 2.45) is 11.8 Å². The van der Waals surface area contributed by atoms with Crippen LogP contribution in [0.2, 0.25) is 0 Å². The van der Waals surface area contributed by atoms with E-state index in [0.717, 1.165) is 70.6 Å². The molecule has 0 aromatic heterocycles. The van der Waals surface area contributed by atoms with E-state index in [-0.39, 0.29) is 83.5 Å². The summed E-state index contributed by atoms with van der Waals surface area (Å²) in [7, 11) is 0. The number of ether oxygens (including phenoxy) is 5. The van der Waals surface area contributed by atoms with Crippen molar-refractivity contribution in [2.75, 3.05) is 52.7 Å². The van der Waals surface area contributed by atoms with Crippen LogP contribution in [-0.4, -0.2) is 87.7 Å². The molecule has 2 N–H and O–H groups in total. The van der Waals surface area contributed by atoms with Gasteiger partial charge < -0.3 is 34.1 Å². The van der Waals surface area contributed by atoms with Crippen LogP contribution in [0.3, 0.4) is 0 Å². The van der Waals surface area contributed by atoms with Crippen molar-refractivity contribution in [2.45, 2.75) is 214 Å². The molecule has 0 heterocycles. The van der Waals surface area contributed by atoms with Crippen molar-refractivity contribution in [3.05, 3.63) is 0 Å². The molecular formula is C48H91NO11.